The first-order chi connectivity index (χ1) is 8.28. The molecular formula is C10H25BN4O4. The number of rotatable bonds is 9. The van der Waals surface area contributed by atoms with E-state index in [2.05, 4.69) is 4.99 Å². The first-order valence-corrected chi connectivity index (χ1v) is 5.72. The molecule has 0 heterocycles. The topological polar surface area (TPSA) is 168 Å². The summed E-state index contributed by atoms with van der Waals surface area (Å²) in [5, 5.41) is 26.4. The van der Waals surface area contributed by atoms with E-state index in [0.29, 0.717) is 12.8 Å². The molecule has 1 unspecified atom stereocenters. The summed E-state index contributed by atoms with van der Waals surface area (Å²) in [5.41, 5.74) is 14.7. The lowest BCUT2D eigenvalue weighted by Crippen LogP contribution is -2.48. The molecule has 0 aliphatic heterocycles. The number of carboxylic acid groups (broad SMARTS) is 1. The van der Waals surface area contributed by atoms with E-state index in [1.54, 1.807) is 0 Å². The highest BCUT2D eigenvalue weighted by atomic mass is 16.4. The Morgan fingerprint density at radius 2 is 1.79 bits per heavy atom. The lowest BCUT2D eigenvalue weighted by Gasteiger charge is -2.23. The van der Waals surface area contributed by atoms with Gasteiger partial charge in [-0.1, -0.05) is 20.3 Å². The maximum Gasteiger partial charge on any atom is 0.451 e. The molecule has 8 nitrogen and oxygen atoms in total. The van der Waals surface area contributed by atoms with Gasteiger partial charge in [0, 0.05) is 6.54 Å². The van der Waals surface area contributed by atoms with Gasteiger partial charge in [0.25, 0.3) is 0 Å². The molecular weight excluding hydrogens is 251 g/mol. The van der Waals surface area contributed by atoms with Crippen molar-refractivity contribution in [2.45, 2.75) is 45.0 Å². The van der Waals surface area contributed by atoms with Crippen molar-refractivity contribution in [3.05, 3.63) is 0 Å². The molecule has 0 radical (unpaired) electrons. The number of nitrogens with zero attached hydrogens (tertiary/aromatic N) is 1. The average molecular weight is 276 g/mol. The van der Waals surface area contributed by atoms with Crippen LogP contribution in [-0.2, 0) is 4.79 Å². The summed E-state index contributed by atoms with van der Waals surface area (Å²) in [6.45, 7) is 0.147. The van der Waals surface area contributed by atoms with Crippen LogP contribution >= 0.6 is 0 Å². The molecule has 9 N–H and O–H groups in total. The van der Waals surface area contributed by atoms with Gasteiger partial charge in [-0.15, -0.1) is 0 Å². The van der Waals surface area contributed by atoms with Gasteiger partial charge in [0.15, 0.2) is 5.96 Å². The molecule has 0 rings (SSSR count). The monoisotopic (exact) mass is 276 g/mol. The van der Waals surface area contributed by atoms with Crippen molar-refractivity contribution in [1.82, 2.24) is 0 Å². The van der Waals surface area contributed by atoms with Gasteiger partial charge < -0.3 is 32.4 Å². The molecule has 9 heteroatoms. The van der Waals surface area contributed by atoms with E-state index in [-0.39, 0.29) is 39.1 Å². The number of aliphatic carboxylic acids is 1. The summed E-state index contributed by atoms with van der Waals surface area (Å²) in [7, 11) is -1.37. The number of guanidine groups is 1. The smallest absolute Gasteiger partial charge is 0.451 e. The molecule has 0 aromatic rings. The minimum atomic E-state index is -1.39. The van der Waals surface area contributed by atoms with E-state index in [1.807, 2.05) is 0 Å². The van der Waals surface area contributed by atoms with Crippen molar-refractivity contribution < 1.29 is 19.9 Å². The fourth-order valence-electron chi connectivity index (χ4n) is 1.49. The van der Waals surface area contributed by atoms with Crippen LogP contribution in [-0.4, -0.2) is 46.3 Å². The number of nitrogens with two attached hydrogens (primary N) is 3. The molecule has 0 saturated heterocycles. The van der Waals surface area contributed by atoms with Crippen molar-refractivity contribution in [1.29, 1.82) is 0 Å². The zero-order chi connectivity index (χ0) is 14.2. The highest BCUT2D eigenvalue weighted by molar-refractivity contribution is 6.40. The van der Waals surface area contributed by atoms with Crippen LogP contribution in [0.15, 0.2) is 4.99 Å². The number of hydrogen-bond donors (Lipinski definition) is 6. The average Bonchev–Trinajstić information content (AvgIpc) is 2.23. The van der Waals surface area contributed by atoms with Gasteiger partial charge in [0.1, 0.15) is 5.54 Å². The van der Waals surface area contributed by atoms with Gasteiger partial charge in [-0.2, -0.15) is 0 Å². The van der Waals surface area contributed by atoms with E-state index in [9.17, 15) is 4.79 Å². The molecule has 0 aliphatic rings. The summed E-state index contributed by atoms with van der Waals surface area (Å²) in [4.78, 5) is 14.8. The molecule has 0 saturated carbocycles. The van der Waals surface area contributed by atoms with Gasteiger partial charge in [-0.05, 0) is 19.2 Å². The third-order valence-corrected chi connectivity index (χ3v) is 2.61. The maximum absolute atomic E-state index is 11.1. The molecule has 0 bridgehead atoms. The third kappa shape index (κ3) is 9.29. The molecule has 112 valence electrons. The number of carboxylic acids is 1. The minimum Gasteiger partial charge on any atom is -0.480 e. The number of carbonyl (C=O) groups is 1. The first-order valence-electron chi connectivity index (χ1n) is 5.72. The molecule has 0 aromatic heterocycles. The Kier molecular flexibility index (Phi) is 10.1. The zero-order valence-corrected chi connectivity index (χ0v) is 10.2. The van der Waals surface area contributed by atoms with E-state index in [0.717, 1.165) is 0 Å². The van der Waals surface area contributed by atoms with Crippen LogP contribution in [0.1, 0.15) is 33.1 Å². The Balaban J connectivity index is 0. The quantitative estimate of drug-likeness (QED) is 0.132. The van der Waals surface area contributed by atoms with E-state index < -0.39 is 18.6 Å². The first kappa shape index (κ1) is 20.0. The van der Waals surface area contributed by atoms with Crippen LogP contribution in [0.5, 0.6) is 0 Å². The highest BCUT2D eigenvalue weighted by Gasteiger charge is 2.32. The zero-order valence-electron chi connectivity index (χ0n) is 10.2. The van der Waals surface area contributed by atoms with Crippen molar-refractivity contribution in [2.24, 2.45) is 22.2 Å². The second kappa shape index (κ2) is 9.59. The number of hydrogen-bond acceptors (Lipinski definition) is 5. The summed E-state index contributed by atoms with van der Waals surface area (Å²) < 4.78 is 0. The summed E-state index contributed by atoms with van der Waals surface area (Å²) in [6.07, 6.45) is 1.54. The second-order valence-corrected chi connectivity index (χ2v) is 4.24. The third-order valence-electron chi connectivity index (χ3n) is 2.61. The molecule has 0 spiro atoms. The van der Waals surface area contributed by atoms with Crippen molar-refractivity contribution >= 4 is 19.0 Å². The van der Waals surface area contributed by atoms with Crippen LogP contribution in [0.3, 0.4) is 0 Å². The molecule has 0 aliphatic carbocycles. The normalized spacial score (nSPS) is 13.0. The summed E-state index contributed by atoms with van der Waals surface area (Å²) in [5.74, 6) is -1.22. The van der Waals surface area contributed by atoms with Crippen LogP contribution in [0, 0.1) is 0 Å². The fraction of sp³-hybridized carbons (Fsp3) is 0.800. The standard InChI is InChI=1S/C9H21BN4O4.CH4/c11-8(12)14-6-4-9(13,7(15)16)3-1-2-5-10(17)18;/h17-18H,1-6,13H2,(H,15,16)(H4,11,12,14);1H4. The van der Waals surface area contributed by atoms with Crippen LogP contribution in [0.2, 0.25) is 6.32 Å². The van der Waals surface area contributed by atoms with E-state index >= 15 is 0 Å². The Labute approximate surface area is 113 Å². The lowest BCUT2D eigenvalue weighted by atomic mass is 9.81. The predicted octanol–water partition coefficient (Wildman–Crippen LogP) is -1.29. The Bertz CT molecular complexity index is 297. The molecule has 1 atom stereocenters. The van der Waals surface area contributed by atoms with Gasteiger partial charge >= 0.3 is 13.1 Å². The second-order valence-electron chi connectivity index (χ2n) is 4.24. The molecule has 19 heavy (non-hydrogen) atoms. The minimum absolute atomic E-state index is 0. The molecule has 0 amide bonds. The van der Waals surface area contributed by atoms with Gasteiger partial charge in [0.2, 0.25) is 0 Å². The predicted molar refractivity (Wildman–Crippen MR) is 75.4 cm³/mol. The van der Waals surface area contributed by atoms with Crippen LogP contribution in [0.25, 0.3) is 0 Å². The summed E-state index contributed by atoms with van der Waals surface area (Å²) in [6, 6.07) is 0. The number of aliphatic imine (C=N–C) groups is 1. The Morgan fingerprint density at radius 3 is 2.21 bits per heavy atom. The number of unbranched alkanes of at least 4 members (excludes halogenated alkanes) is 1. The van der Waals surface area contributed by atoms with Crippen molar-refractivity contribution in [3.63, 3.8) is 0 Å². The van der Waals surface area contributed by atoms with Crippen LogP contribution < -0.4 is 17.2 Å². The summed E-state index contributed by atoms with van der Waals surface area (Å²) >= 11 is 0. The SMILES string of the molecule is C.NC(N)=NCCC(N)(CCCCB(O)O)C(=O)O. The van der Waals surface area contributed by atoms with Crippen LogP contribution in [0.4, 0.5) is 0 Å². The highest BCUT2D eigenvalue weighted by Crippen LogP contribution is 2.17. The van der Waals surface area contributed by atoms with Crippen molar-refractivity contribution in [3.8, 4) is 0 Å². The molecule has 0 fully saturated rings. The molecule has 0 aromatic carbocycles. The fourth-order valence-corrected chi connectivity index (χ4v) is 1.49. The lowest BCUT2D eigenvalue weighted by molar-refractivity contribution is -0.143. The Morgan fingerprint density at radius 1 is 1.21 bits per heavy atom. The van der Waals surface area contributed by atoms with Gasteiger partial charge in [-0.25, -0.2) is 0 Å². The van der Waals surface area contributed by atoms with E-state index in [1.165, 1.54) is 0 Å². The largest absolute Gasteiger partial charge is 0.480 e. The van der Waals surface area contributed by atoms with Gasteiger partial charge in [-0.3, -0.25) is 9.79 Å². The van der Waals surface area contributed by atoms with E-state index in [4.69, 9.17) is 32.4 Å². The maximum atomic E-state index is 11.1. The Hall–Kier alpha value is -1.32. The van der Waals surface area contributed by atoms with Crippen molar-refractivity contribution in [2.75, 3.05) is 6.54 Å². The van der Waals surface area contributed by atoms with Gasteiger partial charge in [0.05, 0.1) is 0 Å².